The first-order valence-electron chi connectivity index (χ1n) is 6.74. The van der Waals surface area contributed by atoms with Gasteiger partial charge in [-0.25, -0.2) is 9.18 Å². The molecule has 1 atom stereocenters. The third-order valence-electron chi connectivity index (χ3n) is 2.74. The number of rotatable bonds is 7. The fraction of sp³-hybridized carbons (Fsp3) is 0.267. The predicted octanol–water partition coefficient (Wildman–Crippen LogP) is 1.66. The molecule has 1 aromatic heterocycles. The minimum absolute atomic E-state index is 0.0132. The zero-order chi connectivity index (χ0) is 15.8. The maximum Gasteiger partial charge on any atom is 0.315 e. The summed E-state index contributed by atoms with van der Waals surface area (Å²) >= 11 is 0. The van der Waals surface area contributed by atoms with E-state index in [0.717, 1.165) is 0 Å². The van der Waals surface area contributed by atoms with E-state index < -0.39 is 18.0 Å². The van der Waals surface area contributed by atoms with E-state index in [4.69, 9.17) is 9.15 Å². The van der Waals surface area contributed by atoms with Gasteiger partial charge in [0.05, 0.1) is 12.8 Å². The van der Waals surface area contributed by atoms with Crippen LogP contribution in [0.2, 0.25) is 0 Å². The molecule has 0 radical (unpaired) electrons. The Morgan fingerprint density at radius 1 is 1.32 bits per heavy atom. The van der Waals surface area contributed by atoms with Crippen molar-refractivity contribution in [3.8, 4) is 5.75 Å². The number of urea groups is 1. The summed E-state index contributed by atoms with van der Waals surface area (Å²) in [6.45, 7) is 0.218. The second-order valence-corrected chi connectivity index (χ2v) is 4.57. The largest absolute Gasteiger partial charge is 0.491 e. The van der Waals surface area contributed by atoms with Crippen LogP contribution >= 0.6 is 0 Å². The standard InChI is InChI=1S/C15H17FN2O4/c16-11-3-1-4-13(7-11)22-10-12(19)8-17-15(20)18-9-14-5-2-6-21-14/h1-7,12,19H,8-10H2,(H2,17,18,20). The fourth-order valence-corrected chi connectivity index (χ4v) is 1.66. The third-order valence-corrected chi connectivity index (χ3v) is 2.74. The van der Waals surface area contributed by atoms with E-state index in [1.54, 1.807) is 18.2 Å². The van der Waals surface area contributed by atoms with Crippen LogP contribution in [0.25, 0.3) is 0 Å². The van der Waals surface area contributed by atoms with Gasteiger partial charge >= 0.3 is 6.03 Å². The van der Waals surface area contributed by atoms with Crippen LogP contribution in [0.15, 0.2) is 47.1 Å². The quantitative estimate of drug-likeness (QED) is 0.726. The molecule has 0 fully saturated rings. The van der Waals surface area contributed by atoms with Crippen LogP contribution in [0.4, 0.5) is 9.18 Å². The number of ether oxygens (including phenoxy) is 1. The second-order valence-electron chi connectivity index (χ2n) is 4.57. The molecule has 1 aromatic carbocycles. The van der Waals surface area contributed by atoms with Crippen molar-refractivity contribution in [1.82, 2.24) is 10.6 Å². The number of hydrogen-bond acceptors (Lipinski definition) is 4. The Kier molecular flexibility index (Phi) is 5.79. The van der Waals surface area contributed by atoms with E-state index in [1.165, 1.54) is 24.5 Å². The monoisotopic (exact) mass is 308 g/mol. The van der Waals surface area contributed by atoms with Gasteiger partial charge in [-0.05, 0) is 24.3 Å². The van der Waals surface area contributed by atoms with Crippen LogP contribution in [0, 0.1) is 5.82 Å². The smallest absolute Gasteiger partial charge is 0.315 e. The molecule has 1 heterocycles. The molecule has 0 aliphatic rings. The number of halogens is 1. The van der Waals surface area contributed by atoms with Crippen molar-refractivity contribution in [2.24, 2.45) is 0 Å². The summed E-state index contributed by atoms with van der Waals surface area (Å²) in [6, 6.07) is 8.65. The average molecular weight is 308 g/mol. The van der Waals surface area contributed by atoms with Gasteiger partial charge < -0.3 is 24.9 Å². The molecular weight excluding hydrogens is 291 g/mol. The average Bonchev–Trinajstić information content (AvgIpc) is 3.02. The van der Waals surface area contributed by atoms with Gasteiger partial charge in [0, 0.05) is 12.6 Å². The second kappa shape index (κ2) is 8.04. The molecule has 6 nitrogen and oxygen atoms in total. The molecule has 0 aliphatic carbocycles. The number of nitrogens with one attached hydrogen (secondary N) is 2. The molecule has 0 bridgehead atoms. The molecule has 0 saturated carbocycles. The van der Waals surface area contributed by atoms with Crippen LogP contribution in [-0.2, 0) is 6.54 Å². The molecule has 2 amide bonds. The molecule has 3 N–H and O–H groups in total. The molecule has 7 heteroatoms. The number of hydrogen-bond donors (Lipinski definition) is 3. The van der Waals surface area contributed by atoms with Gasteiger partial charge in [0.1, 0.15) is 30.0 Å². The van der Waals surface area contributed by atoms with E-state index in [9.17, 15) is 14.3 Å². The molecule has 0 saturated heterocycles. The van der Waals surface area contributed by atoms with E-state index in [1.807, 2.05) is 0 Å². The summed E-state index contributed by atoms with van der Waals surface area (Å²) in [5.74, 6) is 0.536. The number of aliphatic hydroxyl groups excluding tert-OH is 1. The van der Waals surface area contributed by atoms with Crippen molar-refractivity contribution in [2.75, 3.05) is 13.2 Å². The highest BCUT2D eigenvalue weighted by Gasteiger charge is 2.08. The first kappa shape index (κ1) is 15.8. The normalized spacial score (nSPS) is 11.7. The number of benzene rings is 1. The third kappa shape index (κ3) is 5.45. The highest BCUT2D eigenvalue weighted by atomic mass is 19.1. The zero-order valence-corrected chi connectivity index (χ0v) is 11.8. The van der Waals surface area contributed by atoms with Gasteiger partial charge in [0.2, 0.25) is 0 Å². The SMILES string of the molecule is O=C(NCc1ccco1)NCC(O)COc1cccc(F)c1. The lowest BCUT2D eigenvalue weighted by Gasteiger charge is -2.13. The topological polar surface area (TPSA) is 83.7 Å². The van der Waals surface area contributed by atoms with Crippen molar-refractivity contribution in [3.05, 3.63) is 54.2 Å². The first-order valence-corrected chi connectivity index (χ1v) is 6.74. The summed E-state index contributed by atoms with van der Waals surface area (Å²) in [6.07, 6.45) is 0.611. The molecule has 118 valence electrons. The Morgan fingerprint density at radius 3 is 2.91 bits per heavy atom. The van der Waals surface area contributed by atoms with Crippen molar-refractivity contribution in [3.63, 3.8) is 0 Å². The lowest BCUT2D eigenvalue weighted by atomic mass is 10.3. The summed E-state index contributed by atoms with van der Waals surface area (Å²) < 4.78 is 23.2. The number of carbonyl (C=O) groups excluding carboxylic acids is 1. The summed E-state index contributed by atoms with van der Waals surface area (Å²) in [4.78, 5) is 11.5. The lowest BCUT2D eigenvalue weighted by Crippen LogP contribution is -2.41. The molecular formula is C15H17FN2O4. The Labute approximate surface area is 126 Å². The Hall–Kier alpha value is -2.54. The molecule has 1 unspecified atom stereocenters. The van der Waals surface area contributed by atoms with Gasteiger partial charge in [-0.15, -0.1) is 0 Å². The Morgan fingerprint density at radius 2 is 2.18 bits per heavy atom. The molecule has 2 rings (SSSR count). The van der Waals surface area contributed by atoms with Crippen LogP contribution < -0.4 is 15.4 Å². The number of furan rings is 1. The van der Waals surface area contributed by atoms with E-state index in [0.29, 0.717) is 11.5 Å². The summed E-state index contributed by atoms with van der Waals surface area (Å²) in [5, 5.41) is 14.8. The maximum absolute atomic E-state index is 12.9. The summed E-state index contributed by atoms with van der Waals surface area (Å²) in [7, 11) is 0. The van der Waals surface area contributed by atoms with Crippen LogP contribution in [0.3, 0.4) is 0 Å². The molecule has 2 aromatic rings. The lowest BCUT2D eigenvalue weighted by molar-refractivity contribution is 0.107. The Bertz CT molecular complexity index is 589. The van der Waals surface area contributed by atoms with Gasteiger partial charge in [-0.1, -0.05) is 6.07 Å². The van der Waals surface area contributed by atoms with Gasteiger partial charge in [-0.3, -0.25) is 0 Å². The zero-order valence-electron chi connectivity index (χ0n) is 11.8. The van der Waals surface area contributed by atoms with Crippen molar-refractivity contribution >= 4 is 6.03 Å². The highest BCUT2D eigenvalue weighted by Crippen LogP contribution is 2.11. The maximum atomic E-state index is 12.9. The van der Waals surface area contributed by atoms with Crippen LogP contribution in [-0.4, -0.2) is 30.4 Å². The van der Waals surface area contributed by atoms with Crippen molar-refractivity contribution in [1.29, 1.82) is 0 Å². The molecule has 0 aliphatic heterocycles. The number of aliphatic hydroxyl groups is 1. The Balaban J connectivity index is 1.62. The molecule has 0 spiro atoms. The van der Waals surface area contributed by atoms with E-state index in [2.05, 4.69) is 10.6 Å². The van der Waals surface area contributed by atoms with E-state index >= 15 is 0 Å². The van der Waals surface area contributed by atoms with Gasteiger partial charge in [0.25, 0.3) is 0 Å². The number of amides is 2. The van der Waals surface area contributed by atoms with Crippen molar-refractivity contribution < 1.29 is 23.4 Å². The minimum atomic E-state index is -0.905. The predicted molar refractivity (Wildman–Crippen MR) is 76.8 cm³/mol. The number of carbonyl (C=O) groups is 1. The highest BCUT2D eigenvalue weighted by molar-refractivity contribution is 5.73. The molecule has 22 heavy (non-hydrogen) atoms. The van der Waals surface area contributed by atoms with Crippen molar-refractivity contribution in [2.45, 2.75) is 12.6 Å². The summed E-state index contributed by atoms with van der Waals surface area (Å²) in [5.41, 5.74) is 0. The van der Waals surface area contributed by atoms with E-state index in [-0.39, 0.29) is 19.7 Å². The minimum Gasteiger partial charge on any atom is -0.491 e. The van der Waals surface area contributed by atoms with Crippen LogP contribution in [0.5, 0.6) is 5.75 Å². The van der Waals surface area contributed by atoms with Crippen LogP contribution in [0.1, 0.15) is 5.76 Å². The van der Waals surface area contributed by atoms with Gasteiger partial charge in [0.15, 0.2) is 0 Å². The fourth-order valence-electron chi connectivity index (χ4n) is 1.66. The van der Waals surface area contributed by atoms with Gasteiger partial charge in [-0.2, -0.15) is 0 Å². The first-order chi connectivity index (χ1) is 10.6.